The molecule has 3 heteroatoms. The van der Waals surface area contributed by atoms with Crippen molar-refractivity contribution in [3.63, 3.8) is 0 Å². The van der Waals surface area contributed by atoms with E-state index in [1.165, 1.54) is 27.5 Å². The number of rotatable bonds is 3. The second-order valence-electron chi connectivity index (χ2n) is 6.39. The van der Waals surface area contributed by atoms with Gasteiger partial charge in [0, 0.05) is 27.9 Å². The number of hydrogen-bond donors (Lipinski definition) is 2. The third-order valence-electron chi connectivity index (χ3n) is 4.89. The number of nitrogens with one attached hydrogen (secondary N) is 1. The van der Waals surface area contributed by atoms with E-state index >= 15 is 0 Å². The predicted molar refractivity (Wildman–Crippen MR) is 104 cm³/mol. The van der Waals surface area contributed by atoms with Crippen molar-refractivity contribution in [2.45, 2.75) is 6.42 Å². The topological polar surface area (TPSA) is 55.0 Å². The molecule has 3 N–H and O–H groups in total. The Morgan fingerprint density at radius 3 is 2.68 bits per heavy atom. The Kier molecular flexibility index (Phi) is 3.15. The Labute approximate surface area is 145 Å². The number of para-hydroxylation sites is 1. The lowest BCUT2D eigenvalue weighted by molar-refractivity contribution is 0.669. The van der Waals surface area contributed by atoms with Gasteiger partial charge >= 0.3 is 0 Å². The molecule has 3 aromatic carbocycles. The van der Waals surface area contributed by atoms with Crippen LogP contribution >= 0.6 is 0 Å². The first-order valence-corrected chi connectivity index (χ1v) is 8.56. The summed E-state index contributed by atoms with van der Waals surface area (Å²) in [5.74, 6) is 0. The van der Waals surface area contributed by atoms with Gasteiger partial charge in [-0.1, -0.05) is 36.4 Å². The van der Waals surface area contributed by atoms with Crippen LogP contribution in [0.2, 0.25) is 0 Å². The molecule has 25 heavy (non-hydrogen) atoms. The molecular formula is C22H18N2O. The standard InChI is InChI=1S/C22H18N2O/c23-11-10-15-13-24-19-9-8-14(12-18(15)19)16-5-3-7-21-22(16)17-4-1-2-6-20(17)25-21/h1-9,12-13,24H,10-11,23H2. The summed E-state index contributed by atoms with van der Waals surface area (Å²) in [6.07, 6.45) is 2.94. The van der Waals surface area contributed by atoms with Gasteiger partial charge in [-0.05, 0) is 53.9 Å². The van der Waals surface area contributed by atoms with Crippen molar-refractivity contribution in [1.29, 1.82) is 0 Å². The molecule has 0 saturated heterocycles. The minimum absolute atomic E-state index is 0.652. The molecule has 5 rings (SSSR count). The average Bonchev–Trinajstić information content (AvgIpc) is 3.23. The molecule has 0 aliphatic carbocycles. The van der Waals surface area contributed by atoms with E-state index in [4.69, 9.17) is 10.2 Å². The number of furan rings is 1. The molecule has 0 spiro atoms. The van der Waals surface area contributed by atoms with E-state index in [9.17, 15) is 0 Å². The largest absolute Gasteiger partial charge is 0.456 e. The summed E-state index contributed by atoms with van der Waals surface area (Å²) >= 11 is 0. The lowest BCUT2D eigenvalue weighted by Crippen LogP contribution is -2.01. The zero-order valence-electron chi connectivity index (χ0n) is 13.8. The number of benzene rings is 3. The highest BCUT2D eigenvalue weighted by Gasteiger charge is 2.13. The highest BCUT2D eigenvalue weighted by atomic mass is 16.3. The van der Waals surface area contributed by atoms with E-state index in [1.54, 1.807) is 0 Å². The van der Waals surface area contributed by atoms with Gasteiger partial charge in [0.05, 0.1) is 0 Å². The first-order chi connectivity index (χ1) is 12.3. The van der Waals surface area contributed by atoms with Crippen LogP contribution in [0.15, 0.2) is 71.3 Å². The van der Waals surface area contributed by atoms with Crippen LogP contribution in [0.1, 0.15) is 5.56 Å². The molecular weight excluding hydrogens is 308 g/mol. The Hall–Kier alpha value is -3.04. The van der Waals surface area contributed by atoms with Gasteiger partial charge in [0.2, 0.25) is 0 Å². The molecule has 0 unspecified atom stereocenters. The van der Waals surface area contributed by atoms with Gasteiger partial charge in [-0.2, -0.15) is 0 Å². The Bertz CT molecular complexity index is 1210. The summed E-state index contributed by atoms with van der Waals surface area (Å²) in [5, 5.41) is 3.57. The zero-order chi connectivity index (χ0) is 16.8. The Morgan fingerprint density at radius 1 is 0.880 bits per heavy atom. The average molecular weight is 326 g/mol. The van der Waals surface area contributed by atoms with E-state index in [0.717, 1.165) is 28.5 Å². The third-order valence-corrected chi connectivity index (χ3v) is 4.89. The summed E-state index contributed by atoms with van der Waals surface area (Å²) in [6, 6.07) is 21.0. The van der Waals surface area contributed by atoms with E-state index < -0.39 is 0 Å². The van der Waals surface area contributed by atoms with Gasteiger partial charge in [-0.25, -0.2) is 0 Å². The predicted octanol–water partition coefficient (Wildman–Crippen LogP) is 5.24. The second-order valence-corrected chi connectivity index (χ2v) is 6.39. The Morgan fingerprint density at radius 2 is 1.76 bits per heavy atom. The number of H-pyrrole nitrogens is 1. The summed E-state index contributed by atoms with van der Waals surface area (Å²) in [4.78, 5) is 3.34. The minimum atomic E-state index is 0.652. The molecule has 0 radical (unpaired) electrons. The molecule has 0 aliphatic rings. The van der Waals surface area contributed by atoms with Crippen molar-refractivity contribution in [2.24, 2.45) is 5.73 Å². The lowest BCUT2D eigenvalue weighted by atomic mass is 9.97. The number of hydrogen-bond acceptors (Lipinski definition) is 2. The number of aromatic amines is 1. The fraction of sp³-hybridized carbons (Fsp3) is 0.0909. The highest BCUT2D eigenvalue weighted by Crippen LogP contribution is 2.37. The van der Waals surface area contributed by atoms with Gasteiger partial charge in [0.25, 0.3) is 0 Å². The monoisotopic (exact) mass is 326 g/mol. The fourth-order valence-corrected chi connectivity index (χ4v) is 3.72. The van der Waals surface area contributed by atoms with Gasteiger partial charge in [-0.15, -0.1) is 0 Å². The summed E-state index contributed by atoms with van der Waals surface area (Å²) in [7, 11) is 0. The first-order valence-electron chi connectivity index (χ1n) is 8.56. The van der Waals surface area contributed by atoms with Crippen LogP contribution in [0.4, 0.5) is 0 Å². The minimum Gasteiger partial charge on any atom is -0.456 e. The lowest BCUT2D eigenvalue weighted by Gasteiger charge is -2.05. The smallest absolute Gasteiger partial charge is 0.136 e. The van der Waals surface area contributed by atoms with E-state index in [0.29, 0.717) is 6.54 Å². The Balaban J connectivity index is 1.80. The number of nitrogens with two attached hydrogens (primary N) is 1. The van der Waals surface area contributed by atoms with Crippen LogP contribution in [0.3, 0.4) is 0 Å². The van der Waals surface area contributed by atoms with Gasteiger partial charge < -0.3 is 15.1 Å². The molecule has 0 aliphatic heterocycles. The van der Waals surface area contributed by atoms with Crippen molar-refractivity contribution >= 4 is 32.8 Å². The molecule has 0 bridgehead atoms. The summed E-state index contributed by atoms with van der Waals surface area (Å²) in [6.45, 7) is 0.652. The summed E-state index contributed by atoms with van der Waals surface area (Å²) in [5.41, 5.74) is 12.4. The van der Waals surface area contributed by atoms with Crippen molar-refractivity contribution in [1.82, 2.24) is 4.98 Å². The third kappa shape index (κ3) is 2.17. The molecule has 0 atom stereocenters. The molecule has 2 heterocycles. The van der Waals surface area contributed by atoms with Gasteiger partial charge in [0.15, 0.2) is 0 Å². The van der Waals surface area contributed by atoms with Crippen LogP contribution in [-0.2, 0) is 6.42 Å². The van der Waals surface area contributed by atoms with Crippen molar-refractivity contribution in [3.05, 3.63) is 72.4 Å². The number of fused-ring (bicyclic) bond motifs is 4. The number of aromatic nitrogens is 1. The van der Waals surface area contributed by atoms with Gasteiger partial charge in [-0.3, -0.25) is 0 Å². The van der Waals surface area contributed by atoms with Crippen LogP contribution in [0, 0.1) is 0 Å². The van der Waals surface area contributed by atoms with Crippen molar-refractivity contribution in [3.8, 4) is 11.1 Å². The normalized spacial score (nSPS) is 11.7. The van der Waals surface area contributed by atoms with E-state index in [-0.39, 0.29) is 0 Å². The molecule has 2 aromatic heterocycles. The van der Waals surface area contributed by atoms with E-state index in [2.05, 4.69) is 53.6 Å². The van der Waals surface area contributed by atoms with Crippen LogP contribution in [-0.4, -0.2) is 11.5 Å². The molecule has 0 amide bonds. The molecule has 5 aromatic rings. The maximum absolute atomic E-state index is 6.03. The molecule has 122 valence electrons. The molecule has 3 nitrogen and oxygen atoms in total. The first kappa shape index (κ1) is 14.3. The maximum atomic E-state index is 6.03. The fourth-order valence-electron chi connectivity index (χ4n) is 3.72. The molecule has 0 fully saturated rings. The van der Waals surface area contributed by atoms with Crippen molar-refractivity contribution in [2.75, 3.05) is 6.54 Å². The summed E-state index contributed by atoms with van der Waals surface area (Å²) < 4.78 is 6.03. The maximum Gasteiger partial charge on any atom is 0.136 e. The molecule has 0 saturated carbocycles. The van der Waals surface area contributed by atoms with Crippen LogP contribution < -0.4 is 5.73 Å². The van der Waals surface area contributed by atoms with E-state index in [1.807, 2.05) is 18.2 Å². The van der Waals surface area contributed by atoms with Crippen LogP contribution in [0.5, 0.6) is 0 Å². The van der Waals surface area contributed by atoms with Crippen LogP contribution in [0.25, 0.3) is 44.0 Å². The zero-order valence-corrected chi connectivity index (χ0v) is 13.8. The van der Waals surface area contributed by atoms with Gasteiger partial charge in [0.1, 0.15) is 11.2 Å². The SMILES string of the molecule is NCCc1c[nH]c2ccc(-c3cccc4oc5ccccc5c34)cc12. The van der Waals surface area contributed by atoms with Crippen molar-refractivity contribution < 1.29 is 4.42 Å². The highest BCUT2D eigenvalue weighted by molar-refractivity contribution is 6.12. The quantitative estimate of drug-likeness (QED) is 0.476. The second kappa shape index (κ2) is 5.50.